The normalized spacial score (nSPS) is 18.5. The molecule has 72 valence electrons. The molecule has 0 saturated heterocycles. The van der Waals surface area contributed by atoms with E-state index < -0.39 is 6.04 Å². The van der Waals surface area contributed by atoms with Gasteiger partial charge < -0.3 is 9.36 Å². The minimum Gasteiger partial charge on any atom is -0.324 e. The molecule has 2 rings (SSSR count). The predicted molar refractivity (Wildman–Crippen MR) is 48.1 cm³/mol. The number of aromatic nitrogens is 2. The van der Waals surface area contributed by atoms with Crippen molar-refractivity contribution in [2.45, 2.75) is 6.04 Å². The van der Waals surface area contributed by atoms with Crippen molar-refractivity contribution in [2.75, 3.05) is 0 Å². The lowest BCUT2D eigenvalue weighted by atomic mass is 10.2. The largest absolute Gasteiger partial charge is 0.324 e. The van der Waals surface area contributed by atoms with Crippen molar-refractivity contribution in [3.8, 4) is 0 Å². The highest BCUT2D eigenvalue weighted by Gasteiger charge is 2.23. The first-order chi connectivity index (χ1) is 6.77. The molecule has 1 aromatic rings. The fourth-order valence-electron chi connectivity index (χ4n) is 1.37. The third kappa shape index (κ3) is 1.04. The summed E-state index contributed by atoms with van der Waals surface area (Å²) < 4.78 is 1.60. The maximum atomic E-state index is 10.7. The van der Waals surface area contributed by atoms with Gasteiger partial charge in [-0.25, -0.2) is 4.98 Å². The predicted octanol–water partition coefficient (Wildman–Crippen LogP) is -0.590. The molecule has 6 nitrogen and oxygen atoms in total. The van der Waals surface area contributed by atoms with Crippen LogP contribution < -0.4 is 5.43 Å². The monoisotopic (exact) mass is 192 g/mol. The summed E-state index contributed by atoms with van der Waals surface area (Å²) in [4.78, 5) is 25.3. The first kappa shape index (κ1) is 8.61. The van der Waals surface area contributed by atoms with E-state index in [0.29, 0.717) is 24.0 Å². The second-order valence-corrected chi connectivity index (χ2v) is 2.92. The van der Waals surface area contributed by atoms with Crippen molar-refractivity contribution >= 4 is 18.8 Å². The number of fused-ring (bicyclic) bond motifs is 1. The smallest absolute Gasteiger partial charge is 0.185 e. The molecule has 14 heavy (non-hydrogen) atoms. The Hall–Kier alpha value is -1.98. The van der Waals surface area contributed by atoms with Crippen LogP contribution >= 0.6 is 0 Å². The van der Waals surface area contributed by atoms with Gasteiger partial charge in [0.15, 0.2) is 12.1 Å². The summed E-state index contributed by atoms with van der Waals surface area (Å²) in [6, 6.07) is -0.560. The Bertz CT molecular complexity index is 421. The highest BCUT2D eigenvalue weighted by atomic mass is 16.1. The molecule has 0 bridgehead atoms. The fraction of sp³-hybridized carbons (Fsp3) is 0.250. The van der Waals surface area contributed by atoms with Crippen molar-refractivity contribution in [1.82, 2.24) is 15.0 Å². The summed E-state index contributed by atoms with van der Waals surface area (Å²) in [7, 11) is 1.70. The van der Waals surface area contributed by atoms with Crippen LogP contribution in [0.1, 0.15) is 28.0 Å². The van der Waals surface area contributed by atoms with E-state index >= 15 is 0 Å². The molecule has 0 radical (unpaired) electrons. The Morgan fingerprint density at radius 1 is 1.57 bits per heavy atom. The Morgan fingerprint density at radius 3 is 3.00 bits per heavy atom. The van der Waals surface area contributed by atoms with Gasteiger partial charge in [-0.3, -0.25) is 10.2 Å². The van der Waals surface area contributed by atoms with Gasteiger partial charge in [0.05, 0.1) is 17.6 Å². The van der Waals surface area contributed by atoms with E-state index in [2.05, 4.69) is 15.5 Å². The number of hydrogen-bond acceptors (Lipinski definition) is 5. The average Bonchev–Trinajstić information content (AvgIpc) is 2.55. The number of rotatable bonds is 2. The third-order valence-electron chi connectivity index (χ3n) is 2.14. The lowest BCUT2D eigenvalue weighted by molar-refractivity contribution is -0.109. The number of imidazole rings is 1. The van der Waals surface area contributed by atoms with Gasteiger partial charge in [0.25, 0.3) is 0 Å². The summed E-state index contributed by atoms with van der Waals surface area (Å²) in [6.07, 6.45) is 2.89. The van der Waals surface area contributed by atoms with Gasteiger partial charge >= 0.3 is 0 Å². The molecule has 1 aliphatic rings. The zero-order valence-electron chi connectivity index (χ0n) is 7.47. The Kier molecular flexibility index (Phi) is 1.88. The van der Waals surface area contributed by atoms with Crippen molar-refractivity contribution in [1.29, 1.82) is 0 Å². The van der Waals surface area contributed by atoms with Gasteiger partial charge in [-0.2, -0.15) is 5.10 Å². The number of hydrazone groups is 1. The molecule has 1 unspecified atom stereocenters. The molecule has 6 heteroatoms. The summed E-state index contributed by atoms with van der Waals surface area (Å²) in [5.41, 5.74) is 3.82. The van der Waals surface area contributed by atoms with Crippen LogP contribution in [-0.2, 0) is 11.8 Å². The zero-order valence-corrected chi connectivity index (χ0v) is 7.47. The maximum Gasteiger partial charge on any atom is 0.185 e. The highest BCUT2D eigenvalue weighted by molar-refractivity contribution is 5.85. The zero-order chi connectivity index (χ0) is 10.1. The molecule has 0 spiro atoms. The molecule has 1 atom stereocenters. The Labute approximate surface area is 79.6 Å². The summed E-state index contributed by atoms with van der Waals surface area (Å²) >= 11 is 0. The fourth-order valence-corrected chi connectivity index (χ4v) is 1.37. The molecule has 1 aliphatic heterocycles. The molecule has 0 saturated carbocycles. The van der Waals surface area contributed by atoms with Crippen LogP contribution in [0, 0.1) is 0 Å². The minimum absolute atomic E-state index is 0.289. The summed E-state index contributed by atoms with van der Waals surface area (Å²) in [5.74, 6) is 0.289. The SMILES string of the molecule is Cn1c(C=O)nc2c1C=NNC2C=O. The van der Waals surface area contributed by atoms with Crippen molar-refractivity contribution in [3.63, 3.8) is 0 Å². The number of carbonyl (C=O) groups is 2. The molecular formula is C8H8N4O2. The van der Waals surface area contributed by atoms with Gasteiger partial charge in [-0.15, -0.1) is 0 Å². The van der Waals surface area contributed by atoms with Crippen molar-refractivity contribution < 1.29 is 9.59 Å². The van der Waals surface area contributed by atoms with E-state index in [1.807, 2.05) is 0 Å². The van der Waals surface area contributed by atoms with Crippen LogP contribution in [0.3, 0.4) is 0 Å². The second kappa shape index (κ2) is 3.06. The van der Waals surface area contributed by atoms with E-state index in [4.69, 9.17) is 0 Å². The molecular weight excluding hydrogens is 184 g/mol. The average molecular weight is 192 g/mol. The van der Waals surface area contributed by atoms with E-state index in [1.165, 1.54) is 6.21 Å². The van der Waals surface area contributed by atoms with Gasteiger partial charge in [0.2, 0.25) is 0 Å². The number of nitrogens with zero attached hydrogens (tertiary/aromatic N) is 3. The highest BCUT2D eigenvalue weighted by Crippen LogP contribution is 2.17. The molecule has 0 amide bonds. The number of hydrogen-bond donors (Lipinski definition) is 1. The van der Waals surface area contributed by atoms with E-state index in [0.717, 1.165) is 0 Å². The lowest BCUT2D eigenvalue weighted by Crippen LogP contribution is -2.23. The van der Waals surface area contributed by atoms with Gasteiger partial charge in [0.1, 0.15) is 12.3 Å². The minimum atomic E-state index is -0.560. The lowest BCUT2D eigenvalue weighted by Gasteiger charge is -2.12. The Balaban J connectivity index is 2.60. The standard InChI is InChI=1S/C8H8N4O2/c1-12-6-2-9-11-5(3-13)8(6)10-7(12)4-14/h2-5,11H,1H3. The third-order valence-corrected chi connectivity index (χ3v) is 2.14. The number of aldehydes is 2. The first-order valence-corrected chi connectivity index (χ1v) is 4.03. The molecule has 0 aromatic carbocycles. The molecule has 0 aliphatic carbocycles. The number of nitrogens with one attached hydrogen (secondary N) is 1. The van der Waals surface area contributed by atoms with E-state index in [9.17, 15) is 9.59 Å². The topological polar surface area (TPSA) is 76.3 Å². The van der Waals surface area contributed by atoms with Crippen LogP contribution in [-0.4, -0.2) is 28.3 Å². The maximum absolute atomic E-state index is 10.7. The molecule has 1 N–H and O–H groups in total. The van der Waals surface area contributed by atoms with Crippen LogP contribution in [0.4, 0.5) is 0 Å². The van der Waals surface area contributed by atoms with Gasteiger partial charge in [-0.1, -0.05) is 0 Å². The summed E-state index contributed by atoms with van der Waals surface area (Å²) in [6.45, 7) is 0. The van der Waals surface area contributed by atoms with Crippen LogP contribution in [0.2, 0.25) is 0 Å². The van der Waals surface area contributed by atoms with Crippen molar-refractivity contribution in [3.05, 3.63) is 17.2 Å². The van der Waals surface area contributed by atoms with Crippen LogP contribution in [0.25, 0.3) is 0 Å². The number of carbonyl (C=O) groups excluding carboxylic acids is 2. The summed E-state index contributed by atoms with van der Waals surface area (Å²) in [5, 5.41) is 3.80. The molecule has 0 fully saturated rings. The molecule has 2 heterocycles. The first-order valence-electron chi connectivity index (χ1n) is 4.03. The van der Waals surface area contributed by atoms with Crippen LogP contribution in [0.15, 0.2) is 5.10 Å². The van der Waals surface area contributed by atoms with E-state index in [-0.39, 0.29) is 5.82 Å². The van der Waals surface area contributed by atoms with Crippen molar-refractivity contribution in [2.24, 2.45) is 12.1 Å². The Morgan fingerprint density at radius 2 is 2.36 bits per heavy atom. The van der Waals surface area contributed by atoms with Gasteiger partial charge in [-0.05, 0) is 0 Å². The second-order valence-electron chi connectivity index (χ2n) is 2.92. The van der Waals surface area contributed by atoms with E-state index in [1.54, 1.807) is 11.6 Å². The quantitative estimate of drug-likeness (QED) is 0.635. The molecule has 1 aromatic heterocycles. The van der Waals surface area contributed by atoms with Gasteiger partial charge in [0, 0.05) is 7.05 Å². The van der Waals surface area contributed by atoms with Crippen LogP contribution in [0.5, 0.6) is 0 Å².